The normalized spacial score (nSPS) is 15.0. The molecule has 5 nitrogen and oxygen atoms in total. The van der Waals surface area contributed by atoms with E-state index in [1.54, 1.807) is 0 Å². The molecule has 0 radical (unpaired) electrons. The zero-order valence-corrected chi connectivity index (χ0v) is 23.7. The van der Waals surface area contributed by atoms with Crippen LogP contribution in [0.2, 0.25) is 0 Å². The molecule has 2 heterocycles. The van der Waals surface area contributed by atoms with Crippen molar-refractivity contribution >= 4 is 44.8 Å². The van der Waals surface area contributed by atoms with Crippen molar-refractivity contribution in [2.75, 3.05) is 11.1 Å². The van der Waals surface area contributed by atoms with E-state index in [2.05, 4.69) is 127 Å². The summed E-state index contributed by atoms with van der Waals surface area (Å²) in [4.78, 5) is 9.77. The number of nitrogens with two attached hydrogens (primary N) is 1. The monoisotopic (exact) mass is 545 g/mol. The van der Waals surface area contributed by atoms with E-state index >= 15 is 0 Å². The van der Waals surface area contributed by atoms with Gasteiger partial charge in [0.1, 0.15) is 0 Å². The van der Waals surface area contributed by atoms with Crippen LogP contribution in [0, 0.1) is 0 Å². The number of rotatable bonds is 4. The molecule has 0 saturated heterocycles. The first-order valence-corrected chi connectivity index (χ1v) is 14.5. The second kappa shape index (κ2) is 9.18. The van der Waals surface area contributed by atoms with Gasteiger partial charge in [-0.15, -0.1) is 0 Å². The molecular formula is C37H31N5. The molecule has 0 spiro atoms. The van der Waals surface area contributed by atoms with E-state index in [9.17, 15) is 0 Å². The summed E-state index contributed by atoms with van der Waals surface area (Å²) in [5, 5.41) is 5.96. The Kier molecular flexibility index (Phi) is 5.38. The van der Waals surface area contributed by atoms with Gasteiger partial charge in [-0.25, -0.2) is 9.97 Å². The maximum atomic E-state index is 6.43. The average molecular weight is 546 g/mol. The number of nitrogens with one attached hydrogen (secondary N) is 1. The topological polar surface area (TPSA) is 68.8 Å². The van der Waals surface area contributed by atoms with E-state index in [-0.39, 0.29) is 5.41 Å². The van der Waals surface area contributed by atoms with Crippen molar-refractivity contribution in [3.63, 3.8) is 0 Å². The first-order valence-electron chi connectivity index (χ1n) is 14.5. The number of hydrogen-bond donors (Lipinski definition) is 2. The van der Waals surface area contributed by atoms with Crippen LogP contribution in [0.1, 0.15) is 37.9 Å². The van der Waals surface area contributed by atoms with E-state index in [0.29, 0.717) is 11.6 Å². The smallest absolute Gasteiger partial charge is 0.174 e. The lowest BCUT2D eigenvalue weighted by molar-refractivity contribution is 0.636. The molecule has 8 rings (SSSR count). The molecule has 2 aliphatic rings. The minimum absolute atomic E-state index is 0.231. The van der Waals surface area contributed by atoms with Crippen molar-refractivity contribution in [1.82, 2.24) is 14.5 Å². The number of anilines is 3. The first-order chi connectivity index (χ1) is 20.5. The molecule has 0 fully saturated rings. The number of aromatic nitrogens is 3. The highest BCUT2D eigenvalue weighted by Crippen LogP contribution is 2.47. The Balaban J connectivity index is 1.13. The largest absolute Gasteiger partial charge is 0.381 e. The third-order valence-corrected chi connectivity index (χ3v) is 8.80. The maximum absolute atomic E-state index is 6.43. The number of allylic oxidation sites excluding steroid dienone is 4. The lowest BCUT2D eigenvalue weighted by Gasteiger charge is -2.20. The van der Waals surface area contributed by atoms with Gasteiger partial charge in [0.05, 0.1) is 22.4 Å². The molecule has 0 amide bonds. The lowest BCUT2D eigenvalue weighted by Crippen LogP contribution is -2.18. The molecule has 204 valence electrons. The molecule has 0 unspecified atom stereocenters. The van der Waals surface area contributed by atoms with Crippen LogP contribution in [-0.2, 0) is 5.41 Å². The molecule has 42 heavy (non-hydrogen) atoms. The van der Waals surface area contributed by atoms with E-state index in [4.69, 9.17) is 15.7 Å². The molecule has 0 bridgehead atoms. The number of para-hydroxylation sites is 1. The number of benzene rings is 4. The molecule has 2 aromatic heterocycles. The Morgan fingerprint density at radius 2 is 1.57 bits per heavy atom. The van der Waals surface area contributed by atoms with Crippen LogP contribution in [0.4, 0.5) is 17.3 Å². The third-order valence-electron chi connectivity index (χ3n) is 8.80. The Hall–Kier alpha value is -5.16. The van der Waals surface area contributed by atoms with Crippen LogP contribution in [0.25, 0.3) is 49.9 Å². The molecule has 6 aromatic rings. The predicted molar refractivity (Wildman–Crippen MR) is 175 cm³/mol. The highest BCUT2D eigenvalue weighted by Gasteiger charge is 2.38. The van der Waals surface area contributed by atoms with Gasteiger partial charge in [0.2, 0.25) is 0 Å². The van der Waals surface area contributed by atoms with Gasteiger partial charge in [-0.3, -0.25) is 0 Å². The molecule has 3 N–H and O–H groups in total. The minimum atomic E-state index is -0.231. The van der Waals surface area contributed by atoms with Crippen LogP contribution in [-0.4, -0.2) is 14.5 Å². The van der Waals surface area contributed by atoms with Gasteiger partial charge in [-0.1, -0.05) is 86.7 Å². The fourth-order valence-corrected chi connectivity index (χ4v) is 6.65. The summed E-state index contributed by atoms with van der Waals surface area (Å²) in [6.45, 7) is 4.36. The quantitative estimate of drug-likeness (QED) is 0.232. The van der Waals surface area contributed by atoms with Crippen LogP contribution in [0.5, 0.6) is 0 Å². The number of hydrogen-bond acceptors (Lipinski definition) is 4. The predicted octanol–water partition coefficient (Wildman–Crippen LogP) is 9.07. The van der Waals surface area contributed by atoms with Gasteiger partial charge in [0, 0.05) is 33.1 Å². The Bertz CT molecular complexity index is 2090. The highest BCUT2D eigenvalue weighted by atomic mass is 15.1. The van der Waals surface area contributed by atoms with Crippen molar-refractivity contribution in [3.8, 4) is 22.4 Å². The van der Waals surface area contributed by atoms with Gasteiger partial charge >= 0.3 is 0 Å². The van der Waals surface area contributed by atoms with E-state index in [1.807, 2.05) is 6.07 Å². The number of nitrogens with zero attached hydrogens (tertiary/aromatic N) is 3. The Morgan fingerprint density at radius 3 is 2.40 bits per heavy atom. The van der Waals surface area contributed by atoms with Crippen LogP contribution < -0.4 is 11.1 Å². The summed E-state index contributed by atoms with van der Waals surface area (Å²) < 4.78 is 2.42. The molecule has 0 saturated carbocycles. The fraction of sp³-hybridized carbons (Fsp3) is 0.135. The highest BCUT2D eigenvalue weighted by molar-refractivity contribution is 6.11. The van der Waals surface area contributed by atoms with Crippen LogP contribution in [0.15, 0.2) is 109 Å². The summed E-state index contributed by atoms with van der Waals surface area (Å²) in [6, 6.07) is 32.3. The van der Waals surface area contributed by atoms with Crippen molar-refractivity contribution in [3.05, 3.63) is 120 Å². The third kappa shape index (κ3) is 3.70. The van der Waals surface area contributed by atoms with E-state index in [0.717, 1.165) is 41.0 Å². The maximum Gasteiger partial charge on any atom is 0.174 e. The molecule has 5 heteroatoms. The molecule has 0 atom stereocenters. The van der Waals surface area contributed by atoms with Gasteiger partial charge in [-0.2, -0.15) is 0 Å². The summed E-state index contributed by atoms with van der Waals surface area (Å²) in [6.07, 6.45) is 8.77. The summed E-state index contributed by atoms with van der Waals surface area (Å²) in [5.74, 6) is 0.985. The number of fused-ring (bicyclic) bond motifs is 6. The molecule has 0 aliphatic heterocycles. The summed E-state index contributed by atoms with van der Waals surface area (Å²) >= 11 is 0. The zero-order valence-electron chi connectivity index (χ0n) is 23.7. The SMILES string of the molecule is CC1(C)c2ccccc2-c2nc(Nc3ccc(-c4ccc5c(c4)c4ccccc4n5C4=CC=CCC4)cc3)c(N)nc21. The summed E-state index contributed by atoms with van der Waals surface area (Å²) in [7, 11) is 0. The van der Waals surface area contributed by atoms with Crippen LogP contribution >= 0.6 is 0 Å². The van der Waals surface area contributed by atoms with Gasteiger partial charge in [0.15, 0.2) is 11.6 Å². The van der Waals surface area contributed by atoms with Gasteiger partial charge in [0.25, 0.3) is 0 Å². The van der Waals surface area contributed by atoms with Crippen LogP contribution in [0.3, 0.4) is 0 Å². The lowest BCUT2D eigenvalue weighted by atomic mass is 9.85. The second-order valence-electron chi connectivity index (χ2n) is 11.7. The standard InChI is InChI=1S/C37H31N5/c1-37(2)30-14-8-6-13-28(30)33-34(37)41-35(38)36(40-33)39-25-19-16-23(17-20-25)24-18-21-32-29(22-24)27-12-7-9-15-31(27)42(32)26-10-4-3-5-11-26/h3-4,6-10,12-22H,5,11H2,1-2H3,(H2,38,41)(H,39,40). The van der Waals surface area contributed by atoms with Crippen molar-refractivity contribution in [1.29, 1.82) is 0 Å². The number of nitrogen functional groups attached to an aromatic ring is 1. The summed E-state index contributed by atoms with van der Waals surface area (Å²) in [5.41, 5.74) is 17.5. The van der Waals surface area contributed by atoms with Crippen molar-refractivity contribution < 1.29 is 0 Å². The fourth-order valence-electron chi connectivity index (χ4n) is 6.65. The Morgan fingerprint density at radius 1 is 0.810 bits per heavy atom. The zero-order chi connectivity index (χ0) is 28.4. The molecular weight excluding hydrogens is 514 g/mol. The Labute approximate surface area is 245 Å². The van der Waals surface area contributed by atoms with Gasteiger partial charge < -0.3 is 15.6 Å². The molecule has 2 aliphatic carbocycles. The second-order valence-corrected chi connectivity index (χ2v) is 11.7. The van der Waals surface area contributed by atoms with Crippen molar-refractivity contribution in [2.45, 2.75) is 32.1 Å². The minimum Gasteiger partial charge on any atom is -0.381 e. The van der Waals surface area contributed by atoms with Crippen molar-refractivity contribution in [2.24, 2.45) is 0 Å². The van der Waals surface area contributed by atoms with Gasteiger partial charge in [-0.05, 0) is 65.9 Å². The van der Waals surface area contributed by atoms with E-state index < -0.39 is 0 Å². The van der Waals surface area contributed by atoms with E-state index in [1.165, 1.54) is 38.6 Å². The molecule has 4 aromatic carbocycles. The first kappa shape index (κ1) is 24.6. The average Bonchev–Trinajstić information content (AvgIpc) is 3.47.